The van der Waals surface area contributed by atoms with Gasteiger partial charge in [-0.15, -0.1) is 15.3 Å². The van der Waals surface area contributed by atoms with Crippen molar-refractivity contribution in [2.24, 2.45) is 0 Å². The van der Waals surface area contributed by atoms with E-state index in [1.165, 1.54) is 0 Å². The molecule has 2 unspecified atom stereocenters. The monoisotopic (exact) mass is 340 g/mol. The van der Waals surface area contributed by atoms with Crippen LogP contribution in [0.3, 0.4) is 0 Å². The Balaban J connectivity index is 1.30. The highest BCUT2D eigenvalue weighted by atomic mass is 32.1. The van der Waals surface area contributed by atoms with E-state index in [1.54, 1.807) is 22.2 Å². The summed E-state index contributed by atoms with van der Waals surface area (Å²) in [6.07, 6.45) is 3.22. The fourth-order valence-electron chi connectivity index (χ4n) is 3.75. The van der Waals surface area contributed by atoms with Gasteiger partial charge in [-0.1, -0.05) is 0 Å². The van der Waals surface area contributed by atoms with Gasteiger partial charge < -0.3 is 9.80 Å². The average Bonchev–Trinajstić information content (AvgIpc) is 3.25. The lowest BCUT2D eigenvalue weighted by Crippen LogP contribution is -2.70. The van der Waals surface area contributed by atoms with Crippen molar-refractivity contribution in [3.8, 4) is 0 Å². The summed E-state index contributed by atoms with van der Waals surface area (Å²) < 4.78 is 1.69. The number of piperidine rings is 1. The zero-order chi connectivity index (χ0) is 16.1. The zero-order valence-electron chi connectivity index (χ0n) is 12.9. The van der Waals surface area contributed by atoms with Crippen molar-refractivity contribution in [3.05, 3.63) is 40.8 Å². The van der Waals surface area contributed by atoms with Gasteiger partial charge in [0.25, 0.3) is 0 Å². The van der Waals surface area contributed by atoms with E-state index in [9.17, 15) is 4.79 Å². The lowest BCUT2D eigenvalue weighted by molar-refractivity contribution is -0.145. The lowest BCUT2D eigenvalue weighted by atomic mass is 9.86. The molecule has 2 bridgehead atoms. The maximum absolute atomic E-state index is 12.6. The Kier molecular flexibility index (Phi) is 3.05. The summed E-state index contributed by atoms with van der Waals surface area (Å²) in [4.78, 5) is 16.9. The molecule has 3 aromatic rings. The maximum Gasteiger partial charge on any atom is 0.227 e. The van der Waals surface area contributed by atoms with Gasteiger partial charge in [0.2, 0.25) is 5.91 Å². The third-order valence-corrected chi connectivity index (χ3v) is 5.62. The van der Waals surface area contributed by atoms with Crippen LogP contribution in [0.2, 0.25) is 0 Å². The largest absolute Gasteiger partial charge is 0.351 e. The first kappa shape index (κ1) is 13.9. The number of hydrogen-bond acceptors (Lipinski definition) is 6. The van der Waals surface area contributed by atoms with E-state index in [0.717, 1.165) is 36.5 Å². The van der Waals surface area contributed by atoms with E-state index in [2.05, 4.69) is 30.5 Å². The Morgan fingerprint density at radius 3 is 2.92 bits per heavy atom. The number of hydrogen-bond donors (Lipinski definition) is 0. The lowest BCUT2D eigenvalue weighted by Gasteiger charge is -2.56. The number of carbonyl (C=O) groups excluding carboxylic acids is 1. The van der Waals surface area contributed by atoms with Crippen LogP contribution in [-0.4, -0.2) is 55.8 Å². The molecule has 3 aliphatic heterocycles. The number of rotatable bonds is 3. The van der Waals surface area contributed by atoms with Gasteiger partial charge in [0.15, 0.2) is 5.65 Å². The smallest absolute Gasteiger partial charge is 0.227 e. The van der Waals surface area contributed by atoms with Crippen LogP contribution in [0.5, 0.6) is 0 Å². The van der Waals surface area contributed by atoms with E-state index in [-0.39, 0.29) is 5.91 Å². The highest BCUT2D eigenvalue weighted by molar-refractivity contribution is 7.08. The minimum atomic E-state index is 0.247. The molecule has 2 atom stereocenters. The van der Waals surface area contributed by atoms with Crippen molar-refractivity contribution >= 4 is 28.7 Å². The van der Waals surface area contributed by atoms with Gasteiger partial charge in [-0.05, 0) is 40.9 Å². The number of fused-ring (bicyclic) bond motifs is 3. The van der Waals surface area contributed by atoms with Crippen molar-refractivity contribution in [2.45, 2.75) is 24.9 Å². The maximum atomic E-state index is 12.6. The summed E-state index contributed by atoms with van der Waals surface area (Å²) in [6, 6.07) is 6.53. The van der Waals surface area contributed by atoms with Crippen molar-refractivity contribution < 1.29 is 4.79 Å². The molecule has 24 heavy (non-hydrogen) atoms. The molecule has 0 aromatic carbocycles. The number of nitrogens with zero attached hydrogens (tertiary/aromatic N) is 6. The third-order valence-electron chi connectivity index (χ3n) is 4.89. The Morgan fingerprint density at radius 2 is 2.12 bits per heavy atom. The molecule has 122 valence electrons. The Morgan fingerprint density at radius 1 is 1.25 bits per heavy atom. The molecule has 1 amide bonds. The second-order valence-electron chi connectivity index (χ2n) is 6.38. The van der Waals surface area contributed by atoms with Gasteiger partial charge in [0.05, 0.1) is 18.5 Å². The van der Waals surface area contributed by atoms with E-state index in [4.69, 9.17) is 0 Å². The van der Waals surface area contributed by atoms with Crippen LogP contribution in [0.15, 0.2) is 35.3 Å². The first-order valence-corrected chi connectivity index (χ1v) is 8.96. The summed E-state index contributed by atoms with van der Waals surface area (Å²) >= 11 is 1.64. The topological polar surface area (TPSA) is 66.6 Å². The standard InChI is InChI=1S/C16H16N6OS/c23-16(5-11-3-4-24-9-11)22-12-6-13(22)8-20(7-12)15-2-1-14-18-17-10-21(14)19-15/h1-4,9-10,12-13H,5-8H2. The van der Waals surface area contributed by atoms with E-state index in [1.807, 2.05) is 23.6 Å². The molecule has 3 aromatic heterocycles. The number of amides is 1. The molecule has 0 radical (unpaired) electrons. The molecule has 0 spiro atoms. The van der Waals surface area contributed by atoms with E-state index in [0.29, 0.717) is 18.5 Å². The quantitative estimate of drug-likeness (QED) is 0.717. The van der Waals surface area contributed by atoms with Crippen molar-refractivity contribution in [1.29, 1.82) is 0 Å². The second-order valence-corrected chi connectivity index (χ2v) is 7.16. The summed E-state index contributed by atoms with van der Waals surface area (Å²) in [7, 11) is 0. The molecule has 6 heterocycles. The molecular weight excluding hydrogens is 324 g/mol. The normalized spacial score (nSPS) is 22.7. The minimum absolute atomic E-state index is 0.247. The van der Waals surface area contributed by atoms with Crippen molar-refractivity contribution in [3.63, 3.8) is 0 Å². The fourth-order valence-corrected chi connectivity index (χ4v) is 4.42. The molecule has 3 saturated heterocycles. The molecule has 3 aliphatic rings. The summed E-state index contributed by atoms with van der Waals surface area (Å²) in [5.74, 6) is 1.17. The number of anilines is 1. The molecule has 3 fully saturated rings. The minimum Gasteiger partial charge on any atom is -0.351 e. The van der Waals surface area contributed by atoms with Gasteiger partial charge in [0, 0.05) is 13.1 Å². The van der Waals surface area contributed by atoms with E-state index >= 15 is 0 Å². The SMILES string of the molecule is O=C(Cc1ccsc1)N1C2CC1CN(c1ccc3nncn3n1)C2. The van der Waals surface area contributed by atoms with Gasteiger partial charge in [-0.2, -0.15) is 15.9 Å². The molecule has 0 N–H and O–H groups in total. The van der Waals surface area contributed by atoms with Crippen LogP contribution >= 0.6 is 11.3 Å². The molecule has 7 nitrogen and oxygen atoms in total. The van der Waals surface area contributed by atoms with Crippen LogP contribution in [0.4, 0.5) is 5.82 Å². The van der Waals surface area contributed by atoms with Crippen molar-refractivity contribution in [2.75, 3.05) is 18.0 Å². The molecule has 0 saturated carbocycles. The highest BCUT2D eigenvalue weighted by Gasteiger charge is 2.47. The van der Waals surface area contributed by atoms with Crippen LogP contribution in [0.25, 0.3) is 5.65 Å². The number of piperazine rings is 1. The number of aromatic nitrogens is 4. The molecule has 0 aliphatic carbocycles. The first-order chi connectivity index (χ1) is 11.8. The van der Waals surface area contributed by atoms with Gasteiger partial charge in [0.1, 0.15) is 12.1 Å². The first-order valence-electron chi connectivity index (χ1n) is 8.02. The van der Waals surface area contributed by atoms with Crippen LogP contribution in [0, 0.1) is 0 Å². The Labute approximate surface area is 142 Å². The number of thiophene rings is 1. The highest BCUT2D eigenvalue weighted by Crippen LogP contribution is 2.34. The van der Waals surface area contributed by atoms with Crippen LogP contribution in [-0.2, 0) is 11.2 Å². The number of carbonyl (C=O) groups is 1. The molecule has 8 heteroatoms. The molecule has 6 rings (SSSR count). The third kappa shape index (κ3) is 2.17. The van der Waals surface area contributed by atoms with Gasteiger partial charge in [-0.25, -0.2) is 0 Å². The average molecular weight is 340 g/mol. The Bertz CT molecular complexity index is 879. The van der Waals surface area contributed by atoms with Crippen molar-refractivity contribution in [1.82, 2.24) is 24.7 Å². The van der Waals surface area contributed by atoms with Crippen LogP contribution < -0.4 is 4.90 Å². The van der Waals surface area contributed by atoms with Crippen LogP contribution in [0.1, 0.15) is 12.0 Å². The summed E-state index contributed by atoms with van der Waals surface area (Å²) in [5.41, 5.74) is 1.86. The predicted octanol–water partition coefficient (Wildman–Crippen LogP) is 1.22. The fraction of sp³-hybridized carbons (Fsp3) is 0.375. The Hall–Kier alpha value is -2.48. The zero-order valence-corrected chi connectivity index (χ0v) is 13.8. The van der Waals surface area contributed by atoms with Gasteiger partial charge >= 0.3 is 0 Å². The van der Waals surface area contributed by atoms with Gasteiger partial charge in [-0.3, -0.25) is 4.79 Å². The summed E-state index contributed by atoms with van der Waals surface area (Å²) in [6.45, 7) is 1.68. The summed E-state index contributed by atoms with van der Waals surface area (Å²) in [5, 5.41) is 16.5. The molecular formula is C16H16N6OS. The predicted molar refractivity (Wildman–Crippen MR) is 90.1 cm³/mol. The van der Waals surface area contributed by atoms with E-state index < -0.39 is 0 Å². The second kappa shape index (κ2) is 5.27.